The third-order valence-corrected chi connectivity index (χ3v) is 4.29. The van der Waals surface area contributed by atoms with E-state index in [0.717, 1.165) is 21.7 Å². The molecular weight excluding hydrogens is 282 g/mol. The van der Waals surface area contributed by atoms with E-state index in [9.17, 15) is 0 Å². The second-order valence-electron chi connectivity index (χ2n) is 4.84. The van der Waals surface area contributed by atoms with E-state index in [0.29, 0.717) is 5.95 Å². The normalized spacial score (nSPS) is 12.3. The molecule has 0 aliphatic carbocycles. The molecule has 2 N–H and O–H groups in total. The average Bonchev–Trinajstić information content (AvgIpc) is 2.93. The number of fused-ring (bicyclic) bond motifs is 1. The molecule has 2 heterocycles. The fraction of sp³-hybridized carbons (Fsp3) is 0.267. The Morgan fingerprint density at radius 2 is 2.00 bits per heavy atom. The molecule has 0 bridgehead atoms. The second kappa shape index (κ2) is 5.65. The van der Waals surface area contributed by atoms with Crippen LogP contribution in [0.25, 0.3) is 10.9 Å². The number of benzene rings is 1. The van der Waals surface area contributed by atoms with E-state index in [4.69, 9.17) is 0 Å². The maximum Gasteiger partial charge on any atom is 0.224 e. The van der Waals surface area contributed by atoms with Gasteiger partial charge >= 0.3 is 0 Å². The molecular formula is C15H17N5S. The van der Waals surface area contributed by atoms with E-state index in [-0.39, 0.29) is 6.04 Å². The van der Waals surface area contributed by atoms with Gasteiger partial charge in [0.1, 0.15) is 10.8 Å². The Balaban J connectivity index is 1.99. The summed E-state index contributed by atoms with van der Waals surface area (Å²) >= 11 is 1.70. The van der Waals surface area contributed by atoms with Crippen LogP contribution in [0.4, 0.5) is 11.8 Å². The Kier molecular flexibility index (Phi) is 3.70. The lowest BCUT2D eigenvalue weighted by Crippen LogP contribution is -2.09. The summed E-state index contributed by atoms with van der Waals surface area (Å²) in [5.41, 5.74) is 0.918. The van der Waals surface area contributed by atoms with Gasteiger partial charge in [0.15, 0.2) is 0 Å². The van der Waals surface area contributed by atoms with Crippen LogP contribution in [0.2, 0.25) is 0 Å². The van der Waals surface area contributed by atoms with Crippen molar-refractivity contribution in [2.75, 3.05) is 17.7 Å². The van der Waals surface area contributed by atoms with Gasteiger partial charge in [-0.15, -0.1) is 11.3 Å². The zero-order valence-corrected chi connectivity index (χ0v) is 13.0. The summed E-state index contributed by atoms with van der Waals surface area (Å²) in [6.45, 7) is 4.15. The van der Waals surface area contributed by atoms with E-state index in [2.05, 4.69) is 39.4 Å². The first-order valence-corrected chi connectivity index (χ1v) is 7.62. The molecule has 5 nitrogen and oxygen atoms in total. The molecule has 6 heteroatoms. The lowest BCUT2D eigenvalue weighted by molar-refractivity contribution is 0.862. The Bertz CT molecular complexity index is 768. The first-order valence-electron chi connectivity index (χ1n) is 6.81. The van der Waals surface area contributed by atoms with E-state index in [1.165, 1.54) is 4.88 Å². The van der Waals surface area contributed by atoms with Gasteiger partial charge in [0, 0.05) is 23.5 Å². The number of hydrogen-bond acceptors (Lipinski definition) is 6. The maximum atomic E-state index is 4.54. The predicted octanol–water partition coefficient (Wildman–Crippen LogP) is 3.61. The summed E-state index contributed by atoms with van der Waals surface area (Å²) in [5, 5.41) is 8.51. The summed E-state index contributed by atoms with van der Waals surface area (Å²) in [7, 11) is 1.82. The van der Waals surface area contributed by atoms with Gasteiger partial charge in [-0.25, -0.2) is 9.97 Å². The van der Waals surface area contributed by atoms with Gasteiger partial charge in [0.2, 0.25) is 5.95 Å². The maximum absolute atomic E-state index is 4.54. The molecule has 0 saturated heterocycles. The Morgan fingerprint density at radius 3 is 2.71 bits per heavy atom. The highest BCUT2D eigenvalue weighted by atomic mass is 32.1. The van der Waals surface area contributed by atoms with Crippen molar-refractivity contribution in [2.24, 2.45) is 0 Å². The summed E-state index contributed by atoms with van der Waals surface area (Å²) < 4.78 is 0. The van der Waals surface area contributed by atoms with Gasteiger partial charge < -0.3 is 10.6 Å². The van der Waals surface area contributed by atoms with Gasteiger partial charge in [-0.05, 0) is 26.0 Å². The molecule has 1 aromatic carbocycles. The van der Waals surface area contributed by atoms with Crippen LogP contribution >= 0.6 is 11.3 Å². The topological polar surface area (TPSA) is 62.7 Å². The van der Waals surface area contributed by atoms with Crippen molar-refractivity contribution in [1.29, 1.82) is 0 Å². The average molecular weight is 299 g/mol. The molecule has 1 atom stereocenters. The predicted molar refractivity (Wildman–Crippen MR) is 88.0 cm³/mol. The third kappa shape index (κ3) is 2.80. The molecule has 3 rings (SSSR count). The second-order valence-corrected chi connectivity index (χ2v) is 6.10. The molecule has 3 aromatic rings. The number of hydrogen-bond donors (Lipinski definition) is 2. The van der Waals surface area contributed by atoms with Crippen LogP contribution in [0, 0.1) is 6.92 Å². The highest BCUT2D eigenvalue weighted by Crippen LogP contribution is 2.27. The lowest BCUT2D eigenvalue weighted by Gasteiger charge is -2.14. The zero-order chi connectivity index (χ0) is 14.8. The van der Waals surface area contributed by atoms with Crippen LogP contribution in [-0.4, -0.2) is 22.0 Å². The highest BCUT2D eigenvalue weighted by molar-refractivity contribution is 7.11. The van der Waals surface area contributed by atoms with Gasteiger partial charge in [-0.3, -0.25) is 0 Å². The quantitative estimate of drug-likeness (QED) is 0.770. The summed E-state index contributed by atoms with van der Waals surface area (Å²) in [4.78, 5) is 14.6. The number of nitrogens with zero attached hydrogens (tertiary/aromatic N) is 3. The molecule has 0 aliphatic heterocycles. The SMILES string of the molecule is CNc1nc(NC(C)c2ncc(C)s2)c2ccccc2n1. The van der Waals surface area contributed by atoms with Crippen LogP contribution in [0.1, 0.15) is 22.9 Å². The summed E-state index contributed by atoms with van der Waals surface area (Å²) in [5.74, 6) is 1.43. The van der Waals surface area contributed by atoms with Crippen LogP contribution in [0.3, 0.4) is 0 Å². The van der Waals surface area contributed by atoms with Crippen molar-refractivity contribution in [3.8, 4) is 0 Å². The minimum Gasteiger partial charge on any atom is -0.360 e. The molecule has 0 amide bonds. The fourth-order valence-corrected chi connectivity index (χ4v) is 2.91. The molecule has 1 unspecified atom stereocenters. The molecule has 0 fully saturated rings. The van der Waals surface area contributed by atoms with Crippen LogP contribution in [-0.2, 0) is 0 Å². The fourth-order valence-electron chi connectivity index (χ4n) is 2.14. The Hall–Kier alpha value is -2.21. The van der Waals surface area contributed by atoms with Crippen LogP contribution in [0.5, 0.6) is 0 Å². The smallest absolute Gasteiger partial charge is 0.224 e. The number of para-hydroxylation sites is 1. The number of aryl methyl sites for hydroxylation is 1. The number of anilines is 2. The van der Waals surface area contributed by atoms with Gasteiger partial charge in [-0.2, -0.15) is 4.98 Å². The minimum atomic E-state index is 0.103. The number of rotatable bonds is 4. The van der Waals surface area contributed by atoms with Crippen molar-refractivity contribution in [3.05, 3.63) is 40.3 Å². The molecule has 2 aromatic heterocycles. The van der Waals surface area contributed by atoms with Crippen molar-refractivity contribution in [2.45, 2.75) is 19.9 Å². The summed E-state index contributed by atoms with van der Waals surface area (Å²) in [6.07, 6.45) is 1.90. The van der Waals surface area contributed by atoms with E-state index >= 15 is 0 Å². The molecule has 0 spiro atoms. The zero-order valence-electron chi connectivity index (χ0n) is 12.2. The van der Waals surface area contributed by atoms with Crippen molar-refractivity contribution >= 4 is 34.0 Å². The highest BCUT2D eigenvalue weighted by Gasteiger charge is 2.13. The van der Waals surface area contributed by atoms with Gasteiger partial charge in [-0.1, -0.05) is 12.1 Å². The van der Waals surface area contributed by atoms with E-state index in [1.807, 2.05) is 37.5 Å². The standard InChI is InChI=1S/C15H17N5S/c1-9-8-17-14(21-9)10(2)18-13-11-6-4-5-7-12(11)19-15(16-3)20-13/h4-8,10H,1-3H3,(H2,16,18,19,20). The number of thiazole rings is 1. The van der Waals surface area contributed by atoms with Gasteiger partial charge in [0.05, 0.1) is 11.6 Å². The molecule has 0 aliphatic rings. The molecule has 0 radical (unpaired) electrons. The monoisotopic (exact) mass is 299 g/mol. The lowest BCUT2D eigenvalue weighted by atomic mass is 10.2. The summed E-state index contributed by atoms with van der Waals surface area (Å²) in [6, 6.07) is 8.09. The van der Waals surface area contributed by atoms with Crippen molar-refractivity contribution in [3.63, 3.8) is 0 Å². The molecule has 21 heavy (non-hydrogen) atoms. The first kappa shape index (κ1) is 13.8. The van der Waals surface area contributed by atoms with Crippen molar-refractivity contribution < 1.29 is 0 Å². The Morgan fingerprint density at radius 1 is 1.19 bits per heavy atom. The first-order chi connectivity index (χ1) is 10.2. The number of aromatic nitrogens is 3. The number of nitrogens with one attached hydrogen (secondary N) is 2. The van der Waals surface area contributed by atoms with E-state index in [1.54, 1.807) is 11.3 Å². The molecule has 0 saturated carbocycles. The Labute approximate surface area is 127 Å². The van der Waals surface area contributed by atoms with Crippen LogP contribution in [0.15, 0.2) is 30.5 Å². The third-order valence-electron chi connectivity index (χ3n) is 3.19. The van der Waals surface area contributed by atoms with Crippen LogP contribution < -0.4 is 10.6 Å². The molecule has 108 valence electrons. The van der Waals surface area contributed by atoms with E-state index < -0.39 is 0 Å². The minimum absolute atomic E-state index is 0.103. The van der Waals surface area contributed by atoms with Gasteiger partial charge in [0.25, 0.3) is 0 Å². The largest absolute Gasteiger partial charge is 0.360 e. The van der Waals surface area contributed by atoms with Crippen molar-refractivity contribution in [1.82, 2.24) is 15.0 Å².